The number of hydrogen-bond donors (Lipinski definition) is 3. The van der Waals surface area contributed by atoms with E-state index < -0.39 is 17.9 Å². The third-order valence-electron chi connectivity index (χ3n) is 4.33. The summed E-state index contributed by atoms with van der Waals surface area (Å²) in [5.41, 5.74) is 0.00581. The number of carbonyl (C=O) groups is 1. The third kappa shape index (κ3) is 8.17. The first-order chi connectivity index (χ1) is 14.8. The monoisotopic (exact) mass is 489 g/mol. The molecule has 0 aliphatic heterocycles. The number of aldehydes is 1. The van der Waals surface area contributed by atoms with Gasteiger partial charge in [0.15, 0.2) is 0 Å². The molecule has 0 saturated heterocycles. The van der Waals surface area contributed by atoms with Crippen molar-refractivity contribution < 1.29 is 23.9 Å². The van der Waals surface area contributed by atoms with E-state index in [2.05, 4.69) is 47.3 Å². The molecule has 2 unspecified atom stereocenters. The van der Waals surface area contributed by atoms with Gasteiger partial charge in [-0.2, -0.15) is 0 Å². The summed E-state index contributed by atoms with van der Waals surface area (Å²) in [5, 5.41) is 19.6. The molecule has 3 rings (SSSR count). The minimum absolute atomic E-state index is 0.312. The lowest BCUT2D eigenvalue weighted by Gasteiger charge is -2.24. The maximum atomic E-state index is 11.8. The molecule has 31 heavy (non-hydrogen) atoms. The molecule has 0 radical (unpaired) electrons. The number of alkyl halides is 2. The summed E-state index contributed by atoms with van der Waals surface area (Å²) in [6, 6.07) is 12.9. The third-order valence-corrected chi connectivity index (χ3v) is 7.82. The number of hydrogen-bond acceptors (Lipinski definition) is 7. The Kier molecular flexibility index (Phi) is 12.3. The van der Waals surface area contributed by atoms with Crippen molar-refractivity contribution in [1.82, 2.24) is 5.48 Å². The molecule has 0 aromatic carbocycles. The highest BCUT2D eigenvalue weighted by Crippen LogP contribution is 2.39. The van der Waals surface area contributed by atoms with Crippen LogP contribution >= 0.6 is 34.0 Å². The van der Waals surface area contributed by atoms with E-state index in [1.807, 2.05) is 25.2 Å². The van der Waals surface area contributed by atoms with E-state index in [0.717, 1.165) is 13.3 Å². The quantitative estimate of drug-likeness (QED) is 0.247. The molecule has 3 aromatic rings. The summed E-state index contributed by atoms with van der Waals surface area (Å²) in [6.07, 6.45) is -1.70. The van der Waals surface area contributed by atoms with Gasteiger partial charge in [-0.25, -0.2) is 14.3 Å². The molecule has 172 valence electrons. The lowest BCUT2D eigenvalue weighted by molar-refractivity contribution is -0.137. The Morgan fingerprint density at radius 2 is 1.65 bits per heavy atom. The minimum atomic E-state index is -2.88. The molecule has 0 fully saturated rings. The van der Waals surface area contributed by atoms with Crippen LogP contribution in [0.4, 0.5) is 8.78 Å². The second kappa shape index (κ2) is 13.8. The van der Waals surface area contributed by atoms with Crippen LogP contribution in [-0.4, -0.2) is 35.2 Å². The fourth-order valence-electron chi connectivity index (χ4n) is 2.18. The Balaban J connectivity index is 0.000000343. The molecule has 3 N–H and O–H groups in total. The number of rotatable bonds is 8. The second-order valence-corrected chi connectivity index (χ2v) is 9.72. The van der Waals surface area contributed by atoms with Gasteiger partial charge in [-0.1, -0.05) is 26.8 Å². The van der Waals surface area contributed by atoms with Crippen molar-refractivity contribution in [1.29, 1.82) is 0 Å². The van der Waals surface area contributed by atoms with Gasteiger partial charge in [0.05, 0.1) is 0 Å². The smallest absolute Gasteiger partial charge is 0.267 e. The van der Waals surface area contributed by atoms with Gasteiger partial charge in [0.1, 0.15) is 11.9 Å². The van der Waals surface area contributed by atoms with Crippen molar-refractivity contribution in [3.63, 3.8) is 0 Å². The van der Waals surface area contributed by atoms with Gasteiger partial charge in [-0.3, -0.25) is 0 Å². The van der Waals surface area contributed by atoms with Gasteiger partial charge in [0.2, 0.25) is 0 Å². The van der Waals surface area contributed by atoms with Crippen LogP contribution in [0, 0.1) is 5.92 Å². The van der Waals surface area contributed by atoms with Crippen LogP contribution < -0.4 is 5.48 Å². The average Bonchev–Trinajstić information content (AvgIpc) is 3.54. The number of hydroxylamine groups is 1. The Morgan fingerprint density at radius 3 is 2.13 bits per heavy atom. The van der Waals surface area contributed by atoms with Gasteiger partial charge < -0.3 is 15.1 Å². The van der Waals surface area contributed by atoms with Crippen molar-refractivity contribution in [2.45, 2.75) is 46.1 Å². The summed E-state index contributed by atoms with van der Waals surface area (Å²) in [4.78, 5) is 16.5. The zero-order valence-corrected chi connectivity index (χ0v) is 20.4. The predicted octanol–water partition coefficient (Wildman–Crippen LogP) is 6.59. The molecule has 9 heteroatoms. The molecule has 3 heterocycles. The lowest BCUT2D eigenvalue weighted by atomic mass is 9.93. The van der Waals surface area contributed by atoms with Crippen LogP contribution in [0.2, 0.25) is 0 Å². The van der Waals surface area contributed by atoms with Crippen molar-refractivity contribution in [2.75, 3.05) is 6.54 Å². The number of thiophene rings is 3. The number of halogens is 2. The second-order valence-electron chi connectivity index (χ2n) is 6.52. The van der Waals surface area contributed by atoms with Crippen molar-refractivity contribution in [2.24, 2.45) is 5.92 Å². The zero-order chi connectivity index (χ0) is 23.4. The summed E-state index contributed by atoms with van der Waals surface area (Å²) >= 11 is 5.41. The summed E-state index contributed by atoms with van der Waals surface area (Å²) in [5.74, 6) is -1.03. The summed E-state index contributed by atoms with van der Waals surface area (Å²) < 4.78 is 23.7. The number of nitrogens with one attached hydrogen (secondary N) is 1. The normalized spacial score (nSPS) is 13.5. The minimum Gasteiger partial charge on any atom is -0.383 e. The van der Waals surface area contributed by atoms with Gasteiger partial charge in [0, 0.05) is 36.8 Å². The van der Waals surface area contributed by atoms with E-state index in [1.165, 1.54) is 31.3 Å². The summed E-state index contributed by atoms with van der Waals surface area (Å²) in [6.45, 7) is 6.79. The Morgan fingerprint density at radius 1 is 1.06 bits per heavy atom. The molecule has 0 saturated carbocycles. The molecule has 0 amide bonds. The fourth-order valence-corrected chi connectivity index (χ4v) is 5.12. The van der Waals surface area contributed by atoms with Gasteiger partial charge in [-0.15, -0.1) is 34.0 Å². The van der Waals surface area contributed by atoms with Gasteiger partial charge >= 0.3 is 0 Å². The topological polar surface area (TPSA) is 69.6 Å². The highest BCUT2D eigenvalue weighted by Gasteiger charge is 2.37. The molecule has 0 aliphatic rings. The Bertz CT molecular complexity index is 876. The first kappa shape index (κ1) is 27.5. The van der Waals surface area contributed by atoms with E-state index in [1.54, 1.807) is 22.7 Å². The van der Waals surface area contributed by atoms with Crippen LogP contribution in [0.3, 0.4) is 0 Å². The van der Waals surface area contributed by atoms with Crippen LogP contribution in [0.5, 0.6) is 0 Å². The van der Waals surface area contributed by atoms with Crippen LogP contribution in [0.25, 0.3) is 19.5 Å². The van der Waals surface area contributed by atoms with Crippen molar-refractivity contribution in [3.8, 4) is 19.5 Å². The van der Waals surface area contributed by atoms with E-state index >= 15 is 0 Å². The first-order valence-corrected chi connectivity index (χ1v) is 12.4. The fraction of sp³-hybridized carbons (Fsp3) is 0.409. The molecule has 0 aliphatic carbocycles. The maximum absolute atomic E-state index is 11.8. The molecular formula is C22H29F2NO3S3. The van der Waals surface area contributed by atoms with Gasteiger partial charge in [0.25, 0.3) is 6.43 Å². The Labute approximate surface area is 194 Å². The average molecular weight is 490 g/mol. The van der Waals surface area contributed by atoms with E-state index in [-0.39, 0.29) is 0 Å². The number of aliphatic hydroxyl groups is 1. The lowest BCUT2D eigenvalue weighted by Crippen LogP contribution is -2.41. The van der Waals surface area contributed by atoms with E-state index in [9.17, 15) is 13.6 Å². The molecule has 3 aromatic heterocycles. The SMILES string of the molecule is CC.CC(C=O)C(C)(O)C(F)F.ONCCc1ccc(-c2ccc(-c3cccs3)s2)s1. The molecular weight excluding hydrogens is 460 g/mol. The standard InChI is InChI=1S/C14H13NOS3.C6H10F2O2.C2H6/c16-15-8-7-10-3-4-13(18-10)14-6-5-12(19-14)11-2-1-9-17-11;1-4(3-9)6(2,10)5(7)8;1-2/h1-6,9,15-16H,7-8H2;3-5,10H,1-2H3;1-2H3. The predicted molar refractivity (Wildman–Crippen MR) is 128 cm³/mol. The van der Waals surface area contributed by atoms with Crippen molar-refractivity contribution in [3.05, 3.63) is 46.7 Å². The molecule has 2 atom stereocenters. The largest absolute Gasteiger partial charge is 0.383 e. The van der Waals surface area contributed by atoms with Crippen LogP contribution in [0.15, 0.2) is 41.8 Å². The summed E-state index contributed by atoms with van der Waals surface area (Å²) in [7, 11) is 0. The van der Waals surface area contributed by atoms with Crippen LogP contribution in [-0.2, 0) is 11.2 Å². The van der Waals surface area contributed by atoms with Crippen LogP contribution in [0.1, 0.15) is 32.6 Å². The molecule has 0 bridgehead atoms. The highest BCUT2D eigenvalue weighted by molar-refractivity contribution is 7.26. The van der Waals surface area contributed by atoms with Crippen molar-refractivity contribution >= 4 is 40.3 Å². The number of carbonyl (C=O) groups excluding carboxylic acids is 1. The molecule has 4 nitrogen and oxygen atoms in total. The zero-order valence-electron chi connectivity index (χ0n) is 18.0. The first-order valence-electron chi connectivity index (χ1n) is 9.85. The van der Waals surface area contributed by atoms with E-state index in [0.29, 0.717) is 12.8 Å². The molecule has 0 spiro atoms. The van der Waals surface area contributed by atoms with Gasteiger partial charge in [-0.05, 0) is 49.1 Å². The maximum Gasteiger partial charge on any atom is 0.267 e. The highest BCUT2D eigenvalue weighted by atomic mass is 32.1. The Hall–Kier alpha value is -1.49. The van der Waals surface area contributed by atoms with E-state index in [4.69, 9.17) is 10.3 Å².